The SMILES string of the molecule is Cc1ccc(S(=O)(=O)n2c(C)nc3c(O)cc(CC(=O)N(C)C)cc32)cc1. The van der Waals surface area contributed by atoms with Crippen molar-refractivity contribution in [2.75, 3.05) is 14.1 Å². The van der Waals surface area contributed by atoms with Crippen LogP contribution in [-0.4, -0.2) is 47.4 Å². The lowest BCUT2D eigenvalue weighted by molar-refractivity contribution is -0.127. The first-order valence-electron chi connectivity index (χ1n) is 8.34. The molecule has 3 rings (SSSR count). The van der Waals surface area contributed by atoms with Crippen molar-refractivity contribution in [1.82, 2.24) is 13.9 Å². The number of phenols is 1. The number of carbonyl (C=O) groups excluding carboxylic acids is 1. The summed E-state index contributed by atoms with van der Waals surface area (Å²) in [7, 11) is -0.629. The molecule has 1 amide bonds. The topological polar surface area (TPSA) is 92.5 Å². The second-order valence-electron chi connectivity index (χ2n) is 6.69. The Morgan fingerprint density at radius 3 is 2.37 bits per heavy atom. The van der Waals surface area contributed by atoms with Gasteiger partial charge in [0.25, 0.3) is 10.0 Å². The highest BCUT2D eigenvalue weighted by Gasteiger charge is 2.24. The van der Waals surface area contributed by atoms with Gasteiger partial charge in [-0.2, -0.15) is 0 Å². The Morgan fingerprint density at radius 1 is 1.15 bits per heavy atom. The molecule has 3 aromatic rings. The van der Waals surface area contributed by atoms with Gasteiger partial charge in [-0.3, -0.25) is 4.79 Å². The van der Waals surface area contributed by atoms with Crippen LogP contribution in [0.3, 0.4) is 0 Å². The molecule has 0 aliphatic carbocycles. The fourth-order valence-corrected chi connectivity index (χ4v) is 4.34. The second kappa shape index (κ2) is 6.70. The average molecular weight is 387 g/mol. The molecule has 1 aromatic heterocycles. The Hall–Kier alpha value is -2.87. The number of imidazole rings is 1. The van der Waals surface area contributed by atoms with Gasteiger partial charge in [0.1, 0.15) is 17.1 Å². The van der Waals surface area contributed by atoms with Crippen LogP contribution in [-0.2, 0) is 21.2 Å². The van der Waals surface area contributed by atoms with E-state index in [0.29, 0.717) is 5.56 Å². The lowest BCUT2D eigenvalue weighted by Gasteiger charge is -2.12. The number of aryl methyl sites for hydroxylation is 2. The van der Waals surface area contributed by atoms with Crippen molar-refractivity contribution in [3.8, 4) is 5.75 Å². The summed E-state index contributed by atoms with van der Waals surface area (Å²) in [6.45, 7) is 3.44. The molecule has 8 heteroatoms. The van der Waals surface area contributed by atoms with Crippen molar-refractivity contribution in [3.63, 3.8) is 0 Å². The molecule has 142 valence electrons. The van der Waals surface area contributed by atoms with E-state index in [1.807, 2.05) is 6.92 Å². The third-order valence-electron chi connectivity index (χ3n) is 4.33. The quantitative estimate of drug-likeness (QED) is 0.741. The zero-order chi connectivity index (χ0) is 19.9. The van der Waals surface area contributed by atoms with E-state index in [1.165, 1.54) is 23.1 Å². The average Bonchev–Trinajstić information content (AvgIpc) is 2.92. The summed E-state index contributed by atoms with van der Waals surface area (Å²) >= 11 is 0. The van der Waals surface area contributed by atoms with Crippen LogP contribution >= 0.6 is 0 Å². The zero-order valence-corrected chi connectivity index (χ0v) is 16.4. The monoisotopic (exact) mass is 387 g/mol. The minimum atomic E-state index is -3.90. The zero-order valence-electron chi connectivity index (χ0n) is 15.6. The highest BCUT2D eigenvalue weighted by molar-refractivity contribution is 7.90. The summed E-state index contributed by atoms with van der Waals surface area (Å²) in [5.74, 6) is -0.0788. The van der Waals surface area contributed by atoms with Gasteiger partial charge in [-0.25, -0.2) is 17.4 Å². The summed E-state index contributed by atoms with van der Waals surface area (Å²) in [5, 5.41) is 10.3. The summed E-state index contributed by atoms with van der Waals surface area (Å²) in [5.41, 5.74) is 1.89. The number of carbonyl (C=O) groups is 1. The Balaban J connectivity index is 2.21. The van der Waals surface area contributed by atoms with Crippen LogP contribution in [0, 0.1) is 13.8 Å². The van der Waals surface area contributed by atoms with Gasteiger partial charge in [-0.1, -0.05) is 17.7 Å². The van der Waals surface area contributed by atoms with Crippen LogP contribution in [0.25, 0.3) is 11.0 Å². The Kier molecular flexibility index (Phi) is 4.69. The van der Waals surface area contributed by atoms with Crippen molar-refractivity contribution in [2.24, 2.45) is 0 Å². The number of aromatic nitrogens is 2. The summed E-state index contributed by atoms with van der Waals surface area (Å²) in [4.78, 5) is 17.8. The summed E-state index contributed by atoms with van der Waals surface area (Å²) < 4.78 is 27.4. The van der Waals surface area contributed by atoms with Crippen molar-refractivity contribution in [3.05, 3.63) is 53.3 Å². The van der Waals surface area contributed by atoms with Gasteiger partial charge in [-0.15, -0.1) is 0 Å². The fraction of sp³-hybridized carbons (Fsp3) is 0.263. The Morgan fingerprint density at radius 2 is 1.78 bits per heavy atom. The first-order valence-corrected chi connectivity index (χ1v) is 9.78. The molecule has 7 nitrogen and oxygen atoms in total. The van der Waals surface area contributed by atoms with Gasteiger partial charge in [0.05, 0.1) is 16.8 Å². The molecule has 0 aliphatic heterocycles. The summed E-state index contributed by atoms with van der Waals surface area (Å²) in [6, 6.07) is 9.55. The highest BCUT2D eigenvalue weighted by Crippen LogP contribution is 2.30. The predicted octanol–water partition coefficient (Wildman–Crippen LogP) is 2.23. The van der Waals surface area contributed by atoms with E-state index in [1.54, 1.807) is 39.2 Å². The number of amides is 1. The fourth-order valence-electron chi connectivity index (χ4n) is 2.87. The van der Waals surface area contributed by atoms with Crippen LogP contribution in [0.4, 0.5) is 0 Å². The number of nitrogens with zero attached hydrogens (tertiary/aromatic N) is 3. The summed E-state index contributed by atoms with van der Waals surface area (Å²) in [6.07, 6.45) is 0.0469. The maximum absolute atomic E-state index is 13.2. The van der Waals surface area contributed by atoms with Crippen LogP contribution in [0.5, 0.6) is 5.75 Å². The van der Waals surface area contributed by atoms with E-state index in [-0.39, 0.29) is 39.8 Å². The number of fused-ring (bicyclic) bond motifs is 1. The van der Waals surface area contributed by atoms with Crippen molar-refractivity contribution < 1.29 is 18.3 Å². The first kappa shape index (κ1) is 18.9. The van der Waals surface area contributed by atoms with E-state index in [2.05, 4.69) is 4.98 Å². The predicted molar refractivity (Wildman–Crippen MR) is 102 cm³/mol. The molecule has 27 heavy (non-hydrogen) atoms. The minimum absolute atomic E-state index is 0.0469. The normalized spacial score (nSPS) is 11.7. The number of hydrogen-bond donors (Lipinski definition) is 1. The van der Waals surface area contributed by atoms with Crippen molar-refractivity contribution in [1.29, 1.82) is 0 Å². The lowest BCUT2D eigenvalue weighted by Crippen LogP contribution is -2.23. The number of hydrogen-bond acceptors (Lipinski definition) is 5. The molecule has 0 radical (unpaired) electrons. The van der Waals surface area contributed by atoms with E-state index in [4.69, 9.17) is 0 Å². The molecule has 0 bridgehead atoms. The molecular formula is C19H21N3O4S. The van der Waals surface area contributed by atoms with E-state index < -0.39 is 10.0 Å². The molecule has 0 saturated heterocycles. The number of phenolic OH excluding ortho intramolecular Hbond substituents is 1. The van der Waals surface area contributed by atoms with Crippen LogP contribution < -0.4 is 0 Å². The smallest absolute Gasteiger partial charge is 0.269 e. The third kappa shape index (κ3) is 3.40. The van der Waals surface area contributed by atoms with Gasteiger partial charge in [-0.05, 0) is 43.7 Å². The molecule has 0 saturated carbocycles. The molecule has 2 aromatic carbocycles. The van der Waals surface area contributed by atoms with Crippen LogP contribution in [0.1, 0.15) is 17.0 Å². The molecule has 0 aliphatic rings. The van der Waals surface area contributed by atoms with Crippen LogP contribution in [0.15, 0.2) is 41.3 Å². The van der Waals surface area contributed by atoms with E-state index in [9.17, 15) is 18.3 Å². The van der Waals surface area contributed by atoms with Gasteiger partial charge >= 0.3 is 0 Å². The van der Waals surface area contributed by atoms with Gasteiger partial charge < -0.3 is 10.0 Å². The standard InChI is InChI=1S/C19H21N3O4S/c1-12-5-7-15(8-6-12)27(25,26)22-13(2)20-19-16(22)9-14(10-17(19)23)11-18(24)21(3)4/h5-10,23H,11H2,1-4H3. The first-order chi connectivity index (χ1) is 12.6. The molecular weight excluding hydrogens is 366 g/mol. The largest absolute Gasteiger partial charge is 0.506 e. The van der Waals surface area contributed by atoms with Crippen molar-refractivity contribution in [2.45, 2.75) is 25.2 Å². The van der Waals surface area contributed by atoms with E-state index in [0.717, 1.165) is 9.54 Å². The molecule has 0 fully saturated rings. The molecule has 1 N–H and O–H groups in total. The Bertz CT molecular complexity index is 1130. The third-order valence-corrected chi connectivity index (χ3v) is 6.14. The lowest BCUT2D eigenvalue weighted by atomic mass is 10.1. The molecule has 1 heterocycles. The highest BCUT2D eigenvalue weighted by atomic mass is 32.2. The van der Waals surface area contributed by atoms with Gasteiger partial charge in [0, 0.05) is 14.1 Å². The van der Waals surface area contributed by atoms with Crippen LogP contribution in [0.2, 0.25) is 0 Å². The maximum atomic E-state index is 13.2. The number of rotatable bonds is 4. The van der Waals surface area contributed by atoms with E-state index >= 15 is 0 Å². The second-order valence-corrected chi connectivity index (χ2v) is 8.48. The van der Waals surface area contributed by atoms with Gasteiger partial charge in [0.2, 0.25) is 5.91 Å². The molecule has 0 spiro atoms. The number of benzene rings is 2. The molecule has 0 atom stereocenters. The Labute approximate surface area is 157 Å². The van der Waals surface area contributed by atoms with Crippen molar-refractivity contribution >= 4 is 27.0 Å². The van der Waals surface area contributed by atoms with Gasteiger partial charge in [0.15, 0.2) is 0 Å². The molecule has 0 unspecified atom stereocenters. The number of likely N-dealkylation sites (N-methyl/N-ethyl adjacent to an activating group) is 1. The maximum Gasteiger partial charge on any atom is 0.269 e. The number of aromatic hydroxyl groups is 1. The minimum Gasteiger partial charge on any atom is -0.506 e.